The normalized spacial score (nSPS) is 18.3. The molecule has 22 heavy (non-hydrogen) atoms. The van der Waals surface area contributed by atoms with Crippen molar-refractivity contribution in [2.45, 2.75) is 24.8 Å². The van der Waals surface area contributed by atoms with Gasteiger partial charge in [-0.3, -0.25) is 0 Å². The van der Waals surface area contributed by atoms with Crippen molar-refractivity contribution < 1.29 is 10.2 Å². The van der Waals surface area contributed by atoms with Crippen molar-refractivity contribution in [2.75, 3.05) is 0 Å². The fourth-order valence-electron chi connectivity index (χ4n) is 2.62. The number of rotatable bonds is 4. The Bertz CT molecular complexity index is 703. The number of benzene rings is 2. The van der Waals surface area contributed by atoms with Crippen LogP contribution in [0, 0.1) is 6.92 Å². The lowest BCUT2D eigenvalue weighted by Gasteiger charge is -2.30. The molecule has 2 atom stereocenters. The van der Waals surface area contributed by atoms with E-state index in [-0.39, 0.29) is 0 Å². The topological polar surface area (TPSA) is 89.9 Å². The molecule has 0 fully saturated rings. The SMILES string of the molecule is Cc1ccccc1C1(C(O)C(O)c2ccccc2)N=NN=N1. The Kier molecular flexibility index (Phi) is 3.79. The van der Waals surface area contributed by atoms with Crippen LogP contribution in [0.1, 0.15) is 22.8 Å². The second-order valence-electron chi connectivity index (χ2n) is 5.22. The highest BCUT2D eigenvalue weighted by Crippen LogP contribution is 2.41. The molecule has 0 saturated carbocycles. The van der Waals surface area contributed by atoms with Crippen LogP contribution < -0.4 is 0 Å². The van der Waals surface area contributed by atoms with E-state index in [0.29, 0.717) is 11.1 Å². The Balaban J connectivity index is 2.04. The molecule has 0 aromatic heterocycles. The molecular formula is C16H16N4O2. The van der Waals surface area contributed by atoms with Gasteiger partial charge in [0, 0.05) is 5.56 Å². The van der Waals surface area contributed by atoms with Gasteiger partial charge in [-0.05, 0) is 28.5 Å². The summed E-state index contributed by atoms with van der Waals surface area (Å²) in [5, 5.41) is 36.4. The molecule has 6 nitrogen and oxygen atoms in total. The lowest BCUT2D eigenvalue weighted by atomic mass is 9.86. The Morgan fingerprint density at radius 2 is 1.45 bits per heavy atom. The fraction of sp³-hybridized carbons (Fsp3) is 0.250. The van der Waals surface area contributed by atoms with Gasteiger partial charge < -0.3 is 10.2 Å². The van der Waals surface area contributed by atoms with Crippen LogP contribution in [0.4, 0.5) is 0 Å². The van der Waals surface area contributed by atoms with Crippen LogP contribution in [-0.2, 0) is 5.66 Å². The van der Waals surface area contributed by atoms with Crippen LogP contribution in [0.2, 0.25) is 0 Å². The van der Waals surface area contributed by atoms with Crippen LogP contribution in [0.3, 0.4) is 0 Å². The van der Waals surface area contributed by atoms with E-state index in [9.17, 15) is 10.2 Å². The van der Waals surface area contributed by atoms with Gasteiger partial charge in [0.25, 0.3) is 0 Å². The maximum absolute atomic E-state index is 10.7. The van der Waals surface area contributed by atoms with Crippen molar-refractivity contribution in [1.82, 2.24) is 0 Å². The summed E-state index contributed by atoms with van der Waals surface area (Å²) in [6.07, 6.45) is -2.46. The Morgan fingerprint density at radius 1 is 0.864 bits per heavy atom. The van der Waals surface area contributed by atoms with Crippen molar-refractivity contribution in [3.63, 3.8) is 0 Å². The number of nitrogens with zero attached hydrogens (tertiary/aromatic N) is 4. The summed E-state index contributed by atoms with van der Waals surface area (Å²) in [4.78, 5) is 0. The predicted molar refractivity (Wildman–Crippen MR) is 80.0 cm³/mol. The van der Waals surface area contributed by atoms with Crippen molar-refractivity contribution in [3.8, 4) is 0 Å². The first-order chi connectivity index (χ1) is 10.6. The van der Waals surface area contributed by atoms with Crippen molar-refractivity contribution in [2.24, 2.45) is 20.7 Å². The summed E-state index contributed by atoms with van der Waals surface area (Å²) in [6, 6.07) is 16.3. The summed E-state index contributed by atoms with van der Waals surface area (Å²) in [6.45, 7) is 1.89. The third kappa shape index (κ3) is 2.32. The second-order valence-corrected chi connectivity index (χ2v) is 5.22. The molecule has 6 heteroatoms. The minimum Gasteiger partial charge on any atom is -0.386 e. The smallest absolute Gasteiger partial charge is 0.248 e. The molecule has 0 bridgehead atoms. The standard InChI is InChI=1S/C16H16N4O2/c1-11-7-5-6-10-13(11)16(17-19-20-18-16)15(22)14(21)12-8-3-2-4-9-12/h2-10,14-15,21-22H,1H3. The van der Waals surface area contributed by atoms with E-state index in [1.54, 1.807) is 30.3 Å². The molecule has 112 valence electrons. The molecule has 1 heterocycles. The molecule has 3 rings (SSSR count). The van der Waals surface area contributed by atoms with Gasteiger partial charge in [-0.2, -0.15) is 0 Å². The molecule has 0 aliphatic carbocycles. The number of hydrogen-bond donors (Lipinski definition) is 2. The molecule has 0 amide bonds. The first-order valence-corrected chi connectivity index (χ1v) is 6.96. The van der Waals surface area contributed by atoms with E-state index in [1.165, 1.54) is 0 Å². The summed E-state index contributed by atoms with van der Waals surface area (Å²) in [5.41, 5.74) is 0.727. The summed E-state index contributed by atoms with van der Waals surface area (Å²) in [5.74, 6) is 0. The third-order valence-corrected chi connectivity index (χ3v) is 3.83. The molecule has 2 aromatic rings. The average molecular weight is 296 g/mol. The lowest BCUT2D eigenvalue weighted by molar-refractivity contribution is -0.0307. The molecule has 1 aliphatic rings. The van der Waals surface area contributed by atoms with Gasteiger partial charge in [0.1, 0.15) is 12.2 Å². The molecule has 2 N–H and O–H groups in total. The summed E-state index contributed by atoms with van der Waals surface area (Å²) in [7, 11) is 0. The Labute approximate surface area is 127 Å². The van der Waals surface area contributed by atoms with Gasteiger partial charge in [0.15, 0.2) is 0 Å². The molecular weight excluding hydrogens is 280 g/mol. The highest BCUT2D eigenvalue weighted by molar-refractivity contribution is 5.35. The monoisotopic (exact) mass is 296 g/mol. The first kappa shape index (κ1) is 14.5. The van der Waals surface area contributed by atoms with E-state index in [4.69, 9.17) is 0 Å². The molecule has 0 spiro atoms. The maximum atomic E-state index is 10.7. The van der Waals surface area contributed by atoms with Crippen molar-refractivity contribution >= 4 is 0 Å². The maximum Gasteiger partial charge on any atom is 0.248 e. The van der Waals surface area contributed by atoms with Gasteiger partial charge in [0.05, 0.1) is 0 Å². The summed E-state index contributed by atoms with van der Waals surface area (Å²) >= 11 is 0. The Hall–Kier alpha value is -2.44. The molecule has 1 aliphatic heterocycles. The number of aliphatic hydroxyl groups excluding tert-OH is 2. The van der Waals surface area contributed by atoms with Gasteiger partial charge in [-0.1, -0.05) is 54.6 Å². The number of aryl methyl sites for hydroxylation is 1. The van der Waals surface area contributed by atoms with Gasteiger partial charge in [-0.15, -0.1) is 10.2 Å². The van der Waals surface area contributed by atoms with E-state index in [1.807, 2.05) is 31.2 Å². The predicted octanol–water partition coefficient (Wildman–Crippen LogP) is 3.08. The van der Waals surface area contributed by atoms with Gasteiger partial charge in [-0.25, -0.2) is 0 Å². The molecule has 2 unspecified atom stereocenters. The van der Waals surface area contributed by atoms with Crippen LogP contribution in [0.5, 0.6) is 0 Å². The van der Waals surface area contributed by atoms with Crippen molar-refractivity contribution in [3.05, 3.63) is 71.3 Å². The fourth-order valence-corrected chi connectivity index (χ4v) is 2.62. The van der Waals surface area contributed by atoms with Crippen LogP contribution in [-0.4, -0.2) is 16.3 Å². The highest BCUT2D eigenvalue weighted by atomic mass is 16.3. The van der Waals surface area contributed by atoms with Crippen LogP contribution >= 0.6 is 0 Å². The quantitative estimate of drug-likeness (QED) is 0.907. The number of aliphatic hydroxyl groups is 2. The number of hydrogen-bond acceptors (Lipinski definition) is 6. The minimum atomic E-state index is -1.42. The van der Waals surface area contributed by atoms with E-state index in [2.05, 4.69) is 20.7 Å². The minimum absolute atomic E-state index is 0.584. The van der Waals surface area contributed by atoms with E-state index >= 15 is 0 Å². The molecule has 0 radical (unpaired) electrons. The first-order valence-electron chi connectivity index (χ1n) is 6.96. The lowest BCUT2D eigenvalue weighted by Crippen LogP contribution is -2.39. The van der Waals surface area contributed by atoms with Gasteiger partial charge in [0.2, 0.25) is 5.66 Å². The molecule has 2 aromatic carbocycles. The highest BCUT2D eigenvalue weighted by Gasteiger charge is 2.48. The zero-order chi connectivity index (χ0) is 15.6. The van der Waals surface area contributed by atoms with Crippen molar-refractivity contribution in [1.29, 1.82) is 0 Å². The van der Waals surface area contributed by atoms with Crippen LogP contribution in [0.25, 0.3) is 0 Å². The second kappa shape index (κ2) is 5.75. The van der Waals surface area contributed by atoms with Crippen LogP contribution in [0.15, 0.2) is 75.3 Å². The zero-order valence-corrected chi connectivity index (χ0v) is 12.0. The van der Waals surface area contributed by atoms with E-state index < -0.39 is 17.9 Å². The summed E-state index contributed by atoms with van der Waals surface area (Å²) < 4.78 is 0. The van der Waals surface area contributed by atoms with Gasteiger partial charge >= 0.3 is 0 Å². The Morgan fingerprint density at radius 3 is 2.09 bits per heavy atom. The zero-order valence-electron chi connectivity index (χ0n) is 12.0. The molecule has 0 saturated heterocycles. The third-order valence-electron chi connectivity index (χ3n) is 3.83. The largest absolute Gasteiger partial charge is 0.386 e. The average Bonchev–Trinajstić information content (AvgIpc) is 3.05. The van der Waals surface area contributed by atoms with E-state index in [0.717, 1.165) is 5.56 Å².